The average molecular weight is 552 g/mol. The number of aryl methyl sites for hydroxylation is 2. The van der Waals surface area contributed by atoms with Crippen LogP contribution in [0.15, 0.2) is 89.2 Å². The number of para-hydroxylation sites is 1. The Kier molecular flexibility index (Phi) is 5.03. The Morgan fingerprint density at radius 2 is 1.68 bits per heavy atom. The van der Waals surface area contributed by atoms with Gasteiger partial charge in [0.05, 0.1) is 16.0 Å². The smallest absolute Gasteiger partial charge is 0.275 e. The lowest BCUT2D eigenvalue weighted by Gasteiger charge is -2.14. The number of likely N-dealkylation sites (N-methyl/N-ethyl adjacent to an activating group) is 1. The van der Waals surface area contributed by atoms with Gasteiger partial charge in [0.15, 0.2) is 0 Å². The van der Waals surface area contributed by atoms with Crippen molar-refractivity contribution in [3.8, 4) is 11.3 Å². The van der Waals surface area contributed by atoms with Gasteiger partial charge in [0.2, 0.25) is 5.91 Å². The molecule has 0 saturated heterocycles. The summed E-state index contributed by atoms with van der Waals surface area (Å²) in [5.74, 6) is -0.220. The monoisotopic (exact) mass is 551 g/mol. The van der Waals surface area contributed by atoms with E-state index in [1.165, 1.54) is 35.4 Å². The van der Waals surface area contributed by atoms with Crippen LogP contribution in [-0.2, 0) is 27.3 Å². The van der Waals surface area contributed by atoms with Gasteiger partial charge in [0, 0.05) is 55.2 Å². The first-order valence-corrected chi connectivity index (χ1v) is 14.3. The van der Waals surface area contributed by atoms with Crippen molar-refractivity contribution >= 4 is 32.5 Å². The van der Waals surface area contributed by atoms with Crippen molar-refractivity contribution in [1.29, 1.82) is 0 Å². The van der Waals surface area contributed by atoms with E-state index in [9.17, 15) is 18.0 Å². The fourth-order valence-electron chi connectivity index (χ4n) is 6.23. The summed E-state index contributed by atoms with van der Waals surface area (Å²) in [4.78, 5) is 37.3. The molecule has 2 aliphatic rings. The highest BCUT2D eigenvalue weighted by molar-refractivity contribution is 7.90. The Balaban J connectivity index is 1.52. The van der Waals surface area contributed by atoms with Crippen molar-refractivity contribution in [2.24, 2.45) is 7.05 Å². The Hall–Kier alpha value is -4.57. The van der Waals surface area contributed by atoms with Crippen LogP contribution in [0.3, 0.4) is 0 Å². The summed E-state index contributed by atoms with van der Waals surface area (Å²) >= 11 is 0. The lowest BCUT2D eigenvalue weighted by molar-refractivity contribution is -0.120. The first-order chi connectivity index (χ1) is 19.2. The van der Waals surface area contributed by atoms with E-state index in [2.05, 4.69) is 9.97 Å². The number of carbonyl (C=O) groups excluding carboxylic acids is 1. The third-order valence-electron chi connectivity index (χ3n) is 8.31. The molecule has 2 aromatic carbocycles. The Labute approximate surface area is 230 Å². The van der Waals surface area contributed by atoms with Gasteiger partial charge in [-0.15, -0.1) is 0 Å². The van der Waals surface area contributed by atoms with E-state index in [4.69, 9.17) is 0 Å². The van der Waals surface area contributed by atoms with Gasteiger partial charge in [-0.25, -0.2) is 22.4 Å². The molecular formula is C30H25N5O4S. The van der Waals surface area contributed by atoms with E-state index in [1.807, 2.05) is 31.2 Å². The fraction of sp³-hybridized carbons (Fsp3) is 0.200. The van der Waals surface area contributed by atoms with E-state index < -0.39 is 21.0 Å². The highest BCUT2D eigenvalue weighted by atomic mass is 32.2. The normalized spacial score (nSPS) is 19.9. The van der Waals surface area contributed by atoms with Gasteiger partial charge in [-0.1, -0.05) is 35.9 Å². The molecule has 40 heavy (non-hydrogen) atoms. The van der Waals surface area contributed by atoms with Crippen molar-refractivity contribution in [3.63, 3.8) is 0 Å². The molecule has 1 saturated carbocycles. The topological polar surface area (TPSA) is 107 Å². The highest BCUT2D eigenvalue weighted by Crippen LogP contribution is 2.66. The van der Waals surface area contributed by atoms with Crippen molar-refractivity contribution < 1.29 is 13.2 Å². The third kappa shape index (κ3) is 3.16. The maximum absolute atomic E-state index is 14.2. The lowest BCUT2D eigenvalue weighted by Crippen LogP contribution is -2.29. The zero-order valence-electron chi connectivity index (χ0n) is 22.1. The second-order valence-corrected chi connectivity index (χ2v) is 12.4. The number of pyridine rings is 1. The van der Waals surface area contributed by atoms with Crippen LogP contribution < -0.4 is 10.5 Å². The Morgan fingerprint density at radius 1 is 0.975 bits per heavy atom. The molecule has 0 N–H and O–H groups in total. The molecule has 0 unspecified atom stereocenters. The van der Waals surface area contributed by atoms with Gasteiger partial charge >= 0.3 is 0 Å². The molecule has 5 aromatic rings. The van der Waals surface area contributed by atoms with E-state index in [0.717, 1.165) is 26.4 Å². The maximum atomic E-state index is 14.2. The summed E-state index contributed by atoms with van der Waals surface area (Å²) in [7, 11) is -0.816. The third-order valence-corrected chi connectivity index (χ3v) is 10.0. The predicted molar refractivity (Wildman–Crippen MR) is 151 cm³/mol. The van der Waals surface area contributed by atoms with Gasteiger partial charge in [-0.05, 0) is 48.7 Å². The lowest BCUT2D eigenvalue weighted by atomic mass is 9.91. The number of hydrogen-bond acceptors (Lipinski definition) is 6. The molecule has 1 amide bonds. The molecule has 1 aliphatic heterocycles. The number of hydrogen-bond donors (Lipinski definition) is 0. The van der Waals surface area contributed by atoms with Crippen LogP contribution in [0.1, 0.15) is 29.0 Å². The van der Waals surface area contributed by atoms with Gasteiger partial charge in [0.1, 0.15) is 11.8 Å². The van der Waals surface area contributed by atoms with Gasteiger partial charge in [-0.2, -0.15) is 0 Å². The Bertz CT molecular complexity index is 2030. The summed E-state index contributed by atoms with van der Waals surface area (Å²) in [5, 5.41) is 0.499. The van der Waals surface area contributed by atoms with Crippen LogP contribution in [0.25, 0.3) is 22.2 Å². The van der Waals surface area contributed by atoms with Crippen LogP contribution in [0, 0.1) is 6.92 Å². The van der Waals surface area contributed by atoms with Gasteiger partial charge < -0.3 is 9.47 Å². The van der Waals surface area contributed by atoms with Crippen molar-refractivity contribution in [2.45, 2.75) is 29.6 Å². The molecule has 0 radical (unpaired) electrons. The number of aromatic nitrogens is 4. The largest absolute Gasteiger partial charge is 0.316 e. The van der Waals surface area contributed by atoms with Crippen LogP contribution >= 0.6 is 0 Å². The first-order valence-electron chi connectivity index (χ1n) is 12.9. The molecule has 4 heterocycles. The van der Waals surface area contributed by atoms with Crippen LogP contribution in [0.2, 0.25) is 0 Å². The quantitative estimate of drug-likeness (QED) is 0.337. The summed E-state index contributed by atoms with van der Waals surface area (Å²) in [6, 6.07) is 16.0. The van der Waals surface area contributed by atoms with Gasteiger partial charge in [-0.3, -0.25) is 9.59 Å². The molecule has 3 aromatic heterocycles. The standard InChI is InChI=1S/C30H25N5O4S/c1-18-8-10-20(11-9-18)40(38,39)35-26(19-14-31-17-32-15-19)12-21-22(16-33(2)28(36)27(21)35)24-13-30(24)23-6-4-5-7-25(23)34(3)29(30)37/h4-12,14-17,24H,13H2,1-3H3/t24-,30-/m0/s1. The number of carbonyl (C=O) groups is 1. The van der Waals surface area contributed by atoms with E-state index >= 15 is 0 Å². The summed E-state index contributed by atoms with van der Waals surface area (Å²) in [6.45, 7) is 1.88. The van der Waals surface area contributed by atoms with Gasteiger partial charge in [0.25, 0.3) is 15.6 Å². The summed E-state index contributed by atoms with van der Waals surface area (Å²) in [5.41, 5.74) is 3.07. The minimum Gasteiger partial charge on any atom is -0.316 e. The first kappa shape index (κ1) is 24.5. The minimum atomic E-state index is -4.20. The predicted octanol–water partition coefficient (Wildman–Crippen LogP) is 3.74. The number of rotatable bonds is 4. The molecule has 10 heteroatoms. The van der Waals surface area contributed by atoms with E-state index in [-0.39, 0.29) is 27.9 Å². The number of benzene rings is 2. The second-order valence-electron chi connectivity index (χ2n) is 10.6. The summed E-state index contributed by atoms with van der Waals surface area (Å²) < 4.78 is 30.9. The maximum Gasteiger partial charge on any atom is 0.275 e. The molecule has 200 valence electrons. The highest BCUT2D eigenvalue weighted by Gasteiger charge is 2.67. The minimum absolute atomic E-state index is 0.00379. The molecule has 0 bridgehead atoms. The van der Waals surface area contributed by atoms with Crippen molar-refractivity contribution in [1.82, 2.24) is 18.5 Å². The molecule has 1 aliphatic carbocycles. The SMILES string of the molecule is Cc1ccc(S(=O)(=O)n2c(-c3cncnc3)cc3c([C@@H]4C[C@@]45C(=O)N(C)c4ccccc45)cn(C)c(=O)c32)cc1. The number of amides is 1. The van der Waals surface area contributed by atoms with E-state index in [0.29, 0.717) is 17.4 Å². The van der Waals surface area contributed by atoms with Crippen LogP contribution in [0.5, 0.6) is 0 Å². The molecule has 7 rings (SSSR count). The zero-order valence-corrected chi connectivity index (χ0v) is 22.9. The van der Waals surface area contributed by atoms with E-state index in [1.54, 1.807) is 43.4 Å². The summed E-state index contributed by atoms with van der Waals surface area (Å²) in [6.07, 6.45) is 6.73. The van der Waals surface area contributed by atoms with Crippen LogP contribution in [-0.4, -0.2) is 39.9 Å². The number of nitrogens with zero attached hydrogens (tertiary/aromatic N) is 5. The molecule has 2 atom stereocenters. The van der Waals surface area contributed by atoms with Crippen molar-refractivity contribution in [2.75, 3.05) is 11.9 Å². The molecule has 1 fully saturated rings. The molecule has 1 spiro atoms. The molecular weight excluding hydrogens is 526 g/mol. The number of anilines is 1. The van der Waals surface area contributed by atoms with Crippen LogP contribution in [0.4, 0.5) is 5.69 Å². The molecule has 9 nitrogen and oxygen atoms in total. The second kappa shape index (κ2) is 8.22. The fourth-order valence-corrected chi connectivity index (χ4v) is 7.76. The average Bonchev–Trinajstić information content (AvgIpc) is 3.51. The van der Waals surface area contributed by atoms with Crippen molar-refractivity contribution in [3.05, 3.63) is 107 Å². The number of fused-ring (bicyclic) bond motifs is 3. The Morgan fingerprint density at radius 3 is 2.40 bits per heavy atom. The zero-order chi connectivity index (χ0) is 28.0.